The van der Waals surface area contributed by atoms with Gasteiger partial charge in [0.15, 0.2) is 5.65 Å². The third kappa shape index (κ3) is 2.88. The number of hydrogen-bond acceptors (Lipinski definition) is 3. The molecule has 0 saturated carbocycles. The van der Waals surface area contributed by atoms with Gasteiger partial charge in [0.25, 0.3) is 0 Å². The Bertz CT molecular complexity index is 674. The molecule has 1 fully saturated rings. The summed E-state index contributed by atoms with van der Waals surface area (Å²) in [5.41, 5.74) is 1.64. The number of nitrogens with zero attached hydrogens (tertiary/aromatic N) is 4. The lowest BCUT2D eigenvalue weighted by molar-refractivity contribution is -0.127. The molecule has 3 rings (SSSR count). The van der Waals surface area contributed by atoms with E-state index in [1.807, 2.05) is 11.0 Å². The van der Waals surface area contributed by atoms with Crippen molar-refractivity contribution in [3.63, 3.8) is 0 Å². The molecule has 1 amide bonds. The zero-order valence-corrected chi connectivity index (χ0v) is 14.6. The van der Waals surface area contributed by atoms with Gasteiger partial charge in [0, 0.05) is 6.54 Å². The van der Waals surface area contributed by atoms with Crippen LogP contribution >= 0.6 is 34.2 Å². The van der Waals surface area contributed by atoms with Gasteiger partial charge in [0.2, 0.25) is 5.91 Å². The zero-order chi connectivity index (χ0) is 15.0. The second-order valence-corrected chi connectivity index (χ2v) is 7.07. The van der Waals surface area contributed by atoms with Gasteiger partial charge in [-0.2, -0.15) is 5.10 Å². The van der Waals surface area contributed by atoms with Crippen molar-refractivity contribution in [3.8, 4) is 0 Å². The van der Waals surface area contributed by atoms with Crippen LogP contribution in [0.25, 0.3) is 5.65 Å². The molecular weight excluding hydrogens is 403 g/mol. The summed E-state index contributed by atoms with van der Waals surface area (Å²) in [5, 5.41) is 4.68. The molecular formula is C14H16ClIN4O. The van der Waals surface area contributed by atoms with Crippen molar-refractivity contribution in [2.75, 3.05) is 6.54 Å². The minimum absolute atomic E-state index is 0.0817. The summed E-state index contributed by atoms with van der Waals surface area (Å²) in [4.78, 5) is 18.6. The third-order valence-corrected chi connectivity index (χ3v) is 5.58. The molecule has 2 unspecified atom stereocenters. The molecule has 1 saturated heterocycles. The van der Waals surface area contributed by atoms with Crippen molar-refractivity contribution in [1.29, 1.82) is 0 Å². The highest BCUT2D eigenvalue weighted by Crippen LogP contribution is 2.30. The fraction of sp³-hybridized carbons (Fsp3) is 0.500. The smallest absolute Gasteiger partial charge is 0.236 e. The maximum absolute atomic E-state index is 12.4. The fourth-order valence-corrected chi connectivity index (χ4v) is 3.91. The normalized spacial score (nSPS) is 22.4. The first-order chi connectivity index (χ1) is 10.1. The maximum atomic E-state index is 12.4. The zero-order valence-electron chi connectivity index (χ0n) is 11.7. The van der Waals surface area contributed by atoms with Gasteiger partial charge >= 0.3 is 0 Å². The predicted molar refractivity (Wildman–Crippen MR) is 89.6 cm³/mol. The van der Waals surface area contributed by atoms with Gasteiger partial charge in [-0.25, -0.2) is 9.50 Å². The van der Waals surface area contributed by atoms with Crippen LogP contribution in [0, 0.1) is 5.92 Å². The van der Waals surface area contributed by atoms with Gasteiger partial charge < -0.3 is 4.90 Å². The molecule has 1 aliphatic heterocycles. The van der Waals surface area contributed by atoms with Gasteiger partial charge in [0.1, 0.15) is 5.15 Å². The van der Waals surface area contributed by atoms with E-state index in [2.05, 4.69) is 39.6 Å². The SMILES string of the molecule is CCCC1CN(Cc2cnc3ccc(Cl)nn23)C(=O)C1I. The molecule has 5 nitrogen and oxygen atoms in total. The van der Waals surface area contributed by atoms with Gasteiger partial charge in [-0.3, -0.25) is 4.79 Å². The van der Waals surface area contributed by atoms with Crippen molar-refractivity contribution >= 4 is 45.7 Å². The monoisotopic (exact) mass is 418 g/mol. The summed E-state index contributed by atoms with van der Waals surface area (Å²) in [5.74, 6) is 0.657. The number of alkyl halides is 1. The average molecular weight is 419 g/mol. The van der Waals surface area contributed by atoms with Crippen LogP contribution in [0.15, 0.2) is 18.3 Å². The number of amides is 1. The Kier molecular flexibility index (Phi) is 4.35. The summed E-state index contributed by atoms with van der Waals surface area (Å²) < 4.78 is 1.79. The van der Waals surface area contributed by atoms with Crippen LogP contribution in [0.3, 0.4) is 0 Å². The quantitative estimate of drug-likeness (QED) is 0.567. The highest BCUT2D eigenvalue weighted by atomic mass is 127. The highest BCUT2D eigenvalue weighted by molar-refractivity contribution is 14.1. The molecule has 0 aliphatic carbocycles. The molecule has 2 aromatic heterocycles. The Morgan fingerprint density at radius 3 is 3.05 bits per heavy atom. The fourth-order valence-electron chi connectivity index (χ4n) is 2.79. The van der Waals surface area contributed by atoms with Crippen LogP contribution in [0.2, 0.25) is 5.15 Å². The average Bonchev–Trinajstić information content (AvgIpc) is 2.97. The van der Waals surface area contributed by atoms with Crippen molar-refractivity contribution < 1.29 is 4.79 Å². The highest BCUT2D eigenvalue weighted by Gasteiger charge is 2.38. The molecule has 21 heavy (non-hydrogen) atoms. The second-order valence-electron chi connectivity index (χ2n) is 5.34. The largest absolute Gasteiger partial charge is 0.335 e. The first-order valence-corrected chi connectivity index (χ1v) is 8.64. The van der Waals surface area contributed by atoms with E-state index in [1.165, 1.54) is 0 Å². The minimum atomic E-state index is 0.0817. The van der Waals surface area contributed by atoms with Crippen molar-refractivity contribution in [2.24, 2.45) is 5.92 Å². The summed E-state index contributed by atoms with van der Waals surface area (Å²) in [6.07, 6.45) is 3.96. The van der Waals surface area contributed by atoms with E-state index in [1.54, 1.807) is 16.8 Å². The van der Waals surface area contributed by atoms with Crippen LogP contribution in [-0.4, -0.2) is 35.9 Å². The minimum Gasteiger partial charge on any atom is -0.335 e. The van der Waals surface area contributed by atoms with Gasteiger partial charge in [-0.05, 0) is 24.5 Å². The third-order valence-electron chi connectivity index (χ3n) is 3.83. The number of carbonyl (C=O) groups excluding carboxylic acids is 1. The number of likely N-dealkylation sites (tertiary alicyclic amines) is 1. The number of halogens is 2. The molecule has 1 aliphatic rings. The predicted octanol–water partition coefficient (Wildman–Crippen LogP) is 2.94. The summed E-state index contributed by atoms with van der Waals surface area (Å²) in [6, 6.07) is 3.54. The molecule has 112 valence electrons. The molecule has 0 radical (unpaired) electrons. The second kappa shape index (κ2) is 6.08. The summed E-state index contributed by atoms with van der Waals surface area (Å²) in [6.45, 7) is 3.51. The van der Waals surface area contributed by atoms with E-state index >= 15 is 0 Å². The molecule has 7 heteroatoms. The number of hydrogen-bond donors (Lipinski definition) is 0. The Morgan fingerprint density at radius 1 is 1.48 bits per heavy atom. The first kappa shape index (κ1) is 15.0. The first-order valence-electron chi connectivity index (χ1n) is 7.02. The van der Waals surface area contributed by atoms with Crippen molar-refractivity contribution in [2.45, 2.75) is 30.2 Å². The number of rotatable bonds is 4. The van der Waals surface area contributed by atoms with E-state index < -0.39 is 0 Å². The van der Waals surface area contributed by atoms with Crippen LogP contribution < -0.4 is 0 Å². The van der Waals surface area contributed by atoms with E-state index in [0.717, 1.165) is 30.7 Å². The van der Waals surface area contributed by atoms with Gasteiger partial charge in [0.05, 0.1) is 22.4 Å². The summed E-state index contributed by atoms with van der Waals surface area (Å²) >= 11 is 8.21. The molecule has 0 aromatic carbocycles. The van der Waals surface area contributed by atoms with E-state index in [-0.39, 0.29) is 9.83 Å². The van der Waals surface area contributed by atoms with Crippen LogP contribution in [0.5, 0.6) is 0 Å². The Morgan fingerprint density at radius 2 is 2.29 bits per heavy atom. The van der Waals surface area contributed by atoms with Gasteiger partial charge in [-0.1, -0.05) is 47.5 Å². The van der Waals surface area contributed by atoms with Crippen molar-refractivity contribution in [1.82, 2.24) is 19.5 Å². The van der Waals surface area contributed by atoms with E-state index in [0.29, 0.717) is 17.6 Å². The lowest BCUT2D eigenvalue weighted by atomic mass is 10.0. The Labute approximate surface area is 141 Å². The van der Waals surface area contributed by atoms with E-state index in [9.17, 15) is 4.79 Å². The van der Waals surface area contributed by atoms with Gasteiger partial charge in [-0.15, -0.1) is 0 Å². The van der Waals surface area contributed by atoms with Crippen molar-refractivity contribution in [3.05, 3.63) is 29.2 Å². The van der Waals surface area contributed by atoms with Crippen LogP contribution in [-0.2, 0) is 11.3 Å². The summed E-state index contributed by atoms with van der Waals surface area (Å²) in [7, 11) is 0. The molecule has 0 N–H and O–H groups in total. The molecule has 2 aromatic rings. The lowest BCUT2D eigenvalue weighted by Crippen LogP contribution is -2.27. The number of aromatic nitrogens is 3. The van der Waals surface area contributed by atoms with Crippen LogP contribution in [0.4, 0.5) is 0 Å². The number of imidazole rings is 1. The number of fused-ring (bicyclic) bond motifs is 1. The number of carbonyl (C=O) groups is 1. The molecule has 0 spiro atoms. The maximum Gasteiger partial charge on any atom is 0.236 e. The standard InChI is InChI=1S/C14H16ClIN4O/c1-2-3-9-7-19(14(21)13(9)16)8-10-6-17-12-5-4-11(15)18-20(10)12/h4-6,9,13H,2-3,7-8H2,1H3. The van der Waals surface area contributed by atoms with E-state index in [4.69, 9.17) is 11.6 Å². The molecule has 0 bridgehead atoms. The molecule has 2 atom stereocenters. The molecule has 3 heterocycles. The Hall–Kier alpha value is -0.890. The van der Waals surface area contributed by atoms with Crippen LogP contribution in [0.1, 0.15) is 25.5 Å². The lowest BCUT2D eigenvalue weighted by Gasteiger charge is -2.15. The Balaban J connectivity index is 1.82. The topological polar surface area (TPSA) is 50.5 Å².